The van der Waals surface area contributed by atoms with E-state index in [1.165, 1.54) is 12.3 Å². The first kappa shape index (κ1) is 25.4. The Morgan fingerprint density at radius 2 is 1.89 bits per heavy atom. The molecule has 4 nitrogen and oxygen atoms in total. The minimum Gasteiger partial charge on any atom is -0.336 e. The SMILES string of the molecule is CN(Cc1ccc(C(F)(F)F)c(F)c1)C1CN(C(=O)c2cccnc2)C[C@@H]1c1ccc(Cl)c(Cl)c1. The van der Waals surface area contributed by atoms with Gasteiger partial charge in [-0.05, 0) is 54.6 Å². The zero-order valence-corrected chi connectivity index (χ0v) is 20.1. The van der Waals surface area contributed by atoms with Crippen molar-refractivity contribution in [2.75, 3.05) is 20.1 Å². The van der Waals surface area contributed by atoms with E-state index in [2.05, 4.69) is 4.98 Å². The number of hydrogen-bond donors (Lipinski definition) is 0. The summed E-state index contributed by atoms with van der Waals surface area (Å²) < 4.78 is 52.9. The normalized spacial score (nSPS) is 18.3. The molecule has 2 heterocycles. The second kappa shape index (κ2) is 10.1. The van der Waals surface area contributed by atoms with Crippen LogP contribution in [0.5, 0.6) is 0 Å². The van der Waals surface area contributed by atoms with Crippen LogP contribution in [0.3, 0.4) is 0 Å². The maximum Gasteiger partial charge on any atom is 0.419 e. The second-order valence-electron chi connectivity index (χ2n) is 8.53. The Labute approximate surface area is 210 Å². The van der Waals surface area contributed by atoms with E-state index in [0.29, 0.717) is 34.3 Å². The van der Waals surface area contributed by atoms with Crippen molar-refractivity contribution in [1.29, 1.82) is 0 Å². The predicted octanol–water partition coefficient (Wildman–Crippen LogP) is 6.29. The molecule has 2 aromatic carbocycles. The molecule has 0 aliphatic carbocycles. The van der Waals surface area contributed by atoms with Crippen molar-refractivity contribution >= 4 is 29.1 Å². The van der Waals surface area contributed by atoms with E-state index in [9.17, 15) is 22.4 Å². The lowest BCUT2D eigenvalue weighted by atomic mass is 9.93. The fourth-order valence-electron chi connectivity index (χ4n) is 4.43. The molecule has 1 aromatic heterocycles. The van der Waals surface area contributed by atoms with Gasteiger partial charge in [-0.3, -0.25) is 14.7 Å². The molecule has 3 aromatic rings. The third-order valence-electron chi connectivity index (χ3n) is 6.19. The number of alkyl halides is 3. The molecule has 0 N–H and O–H groups in total. The zero-order chi connectivity index (χ0) is 25.3. The average Bonchev–Trinajstić information content (AvgIpc) is 3.26. The Morgan fingerprint density at radius 1 is 1.11 bits per heavy atom. The highest BCUT2D eigenvalue weighted by molar-refractivity contribution is 6.42. The molecular formula is C25H21Cl2F4N3O. The van der Waals surface area contributed by atoms with Crippen LogP contribution in [-0.2, 0) is 12.7 Å². The largest absolute Gasteiger partial charge is 0.419 e. The summed E-state index contributed by atoms with van der Waals surface area (Å²) >= 11 is 12.3. The third-order valence-corrected chi connectivity index (χ3v) is 6.93. The number of amides is 1. The molecule has 1 aliphatic rings. The van der Waals surface area contributed by atoms with Crippen LogP contribution >= 0.6 is 23.2 Å². The van der Waals surface area contributed by atoms with E-state index in [0.717, 1.165) is 17.7 Å². The van der Waals surface area contributed by atoms with Gasteiger partial charge in [-0.15, -0.1) is 0 Å². The number of pyridine rings is 1. The minimum absolute atomic E-state index is 0.158. The van der Waals surface area contributed by atoms with Crippen molar-refractivity contribution in [3.05, 3.63) is 99.0 Å². The maximum absolute atomic E-state index is 14.1. The van der Waals surface area contributed by atoms with Crippen LogP contribution in [0.2, 0.25) is 10.0 Å². The predicted molar refractivity (Wildman–Crippen MR) is 126 cm³/mol. The Bertz CT molecular complexity index is 1220. The molecule has 1 amide bonds. The topological polar surface area (TPSA) is 36.4 Å². The van der Waals surface area contributed by atoms with Gasteiger partial charge in [0, 0.05) is 44.0 Å². The quantitative estimate of drug-likeness (QED) is 0.367. The van der Waals surface area contributed by atoms with Crippen LogP contribution in [0.4, 0.5) is 17.6 Å². The Kier molecular flexibility index (Phi) is 7.35. The first-order valence-electron chi connectivity index (χ1n) is 10.7. The van der Waals surface area contributed by atoms with E-state index in [1.807, 2.05) is 11.0 Å². The number of hydrogen-bond acceptors (Lipinski definition) is 3. The second-order valence-corrected chi connectivity index (χ2v) is 9.34. The Hall–Kier alpha value is -2.68. The van der Waals surface area contributed by atoms with Gasteiger partial charge in [0.15, 0.2) is 0 Å². The molecule has 184 valence electrons. The van der Waals surface area contributed by atoms with Crippen LogP contribution in [-0.4, -0.2) is 46.9 Å². The van der Waals surface area contributed by atoms with Gasteiger partial charge in [0.25, 0.3) is 5.91 Å². The van der Waals surface area contributed by atoms with Gasteiger partial charge in [-0.25, -0.2) is 4.39 Å². The van der Waals surface area contributed by atoms with Crippen molar-refractivity contribution in [2.24, 2.45) is 0 Å². The molecule has 4 rings (SSSR count). The molecule has 1 aliphatic heterocycles. The van der Waals surface area contributed by atoms with Gasteiger partial charge in [0.2, 0.25) is 0 Å². The summed E-state index contributed by atoms with van der Waals surface area (Å²) in [5.74, 6) is -1.65. The summed E-state index contributed by atoms with van der Waals surface area (Å²) in [5, 5.41) is 0.786. The first-order valence-corrected chi connectivity index (χ1v) is 11.5. The molecule has 0 spiro atoms. The number of carbonyl (C=O) groups excluding carboxylic acids is 1. The highest BCUT2D eigenvalue weighted by atomic mass is 35.5. The number of aromatic nitrogens is 1. The van der Waals surface area contributed by atoms with Gasteiger partial charge in [0.05, 0.1) is 21.2 Å². The van der Waals surface area contributed by atoms with Gasteiger partial charge in [-0.1, -0.05) is 35.3 Å². The molecule has 35 heavy (non-hydrogen) atoms. The summed E-state index contributed by atoms with van der Waals surface area (Å²) in [6.07, 6.45) is -1.68. The minimum atomic E-state index is -4.76. The lowest BCUT2D eigenvalue weighted by Gasteiger charge is -2.29. The number of carbonyl (C=O) groups is 1. The number of rotatable bonds is 5. The molecule has 10 heteroatoms. The summed E-state index contributed by atoms with van der Waals surface area (Å²) in [6.45, 7) is 0.937. The van der Waals surface area contributed by atoms with Gasteiger partial charge >= 0.3 is 6.18 Å². The molecule has 1 unspecified atom stereocenters. The fraction of sp³-hybridized carbons (Fsp3) is 0.280. The molecule has 2 atom stereocenters. The van der Waals surface area contributed by atoms with Crippen molar-refractivity contribution in [1.82, 2.24) is 14.8 Å². The highest BCUT2D eigenvalue weighted by Crippen LogP contribution is 2.36. The number of likely N-dealkylation sites (N-methyl/N-ethyl adjacent to an activating group) is 1. The molecule has 1 saturated heterocycles. The fourth-order valence-corrected chi connectivity index (χ4v) is 4.74. The summed E-state index contributed by atoms with van der Waals surface area (Å²) in [6, 6.07) is 11.4. The highest BCUT2D eigenvalue weighted by Gasteiger charge is 2.39. The maximum atomic E-state index is 14.1. The summed E-state index contributed by atoms with van der Waals surface area (Å²) in [7, 11) is 1.79. The molecule has 0 bridgehead atoms. The zero-order valence-electron chi connectivity index (χ0n) is 18.6. The van der Waals surface area contributed by atoms with Crippen molar-refractivity contribution in [2.45, 2.75) is 24.7 Å². The van der Waals surface area contributed by atoms with Crippen molar-refractivity contribution in [3.63, 3.8) is 0 Å². The third kappa shape index (κ3) is 5.60. The molecular weight excluding hydrogens is 505 g/mol. The van der Waals surface area contributed by atoms with Gasteiger partial charge < -0.3 is 4.90 Å². The number of benzene rings is 2. The summed E-state index contributed by atoms with van der Waals surface area (Å²) in [5.41, 5.74) is 0.416. The number of halogens is 6. The van der Waals surface area contributed by atoms with E-state index in [4.69, 9.17) is 23.2 Å². The summed E-state index contributed by atoms with van der Waals surface area (Å²) in [4.78, 5) is 20.7. The lowest BCUT2D eigenvalue weighted by molar-refractivity contribution is -0.140. The smallest absolute Gasteiger partial charge is 0.336 e. The van der Waals surface area contributed by atoms with Gasteiger partial charge in [0.1, 0.15) is 5.82 Å². The standard InChI is InChI=1S/C25H21Cl2F4N3O/c1-33(12-15-4-6-19(22(28)9-15)25(29,30)31)23-14-34(24(35)17-3-2-8-32-11-17)13-18(23)16-5-7-20(26)21(27)10-16/h2-11,18,23H,12-14H2,1H3/t18-,23?/m1/s1. The molecule has 1 fully saturated rings. The van der Waals surface area contributed by atoms with Crippen LogP contribution in [0.1, 0.15) is 33.0 Å². The van der Waals surface area contributed by atoms with Crippen molar-refractivity contribution < 1.29 is 22.4 Å². The molecule has 0 radical (unpaired) electrons. The number of nitrogens with zero attached hydrogens (tertiary/aromatic N) is 3. The first-order chi connectivity index (χ1) is 16.5. The van der Waals surface area contributed by atoms with E-state index < -0.39 is 17.6 Å². The van der Waals surface area contributed by atoms with Crippen LogP contribution in [0.15, 0.2) is 60.9 Å². The monoisotopic (exact) mass is 525 g/mol. The van der Waals surface area contributed by atoms with E-state index >= 15 is 0 Å². The number of likely N-dealkylation sites (tertiary alicyclic amines) is 1. The Balaban J connectivity index is 1.61. The van der Waals surface area contributed by atoms with Crippen LogP contribution in [0, 0.1) is 5.82 Å². The van der Waals surface area contributed by atoms with Crippen LogP contribution < -0.4 is 0 Å². The lowest BCUT2D eigenvalue weighted by Crippen LogP contribution is -2.38. The van der Waals surface area contributed by atoms with Gasteiger partial charge in [-0.2, -0.15) is 13.2 Å². The van der Waals surface area contributed by atoms with Crippen molar-refractivity contribution in [3.8, 4) is 0 Å². The van der Waals surface area contributed by atoms with E-state index in [1.54, 1.807) is 42.4 Å². The van der Waals surface area contributed by atoms with E-state index in [-0.39, 0.29) is 24.4 Å². The van der Waals surface area contributed by atoms with Crippen LogP contribution in [0.25, 0.3) is 0 Å². The molecule has 0 saturated carbocycles. The Morgan fingerprint density at radius 3 is 2.51 bits per heavy atom. The average molecular weight is 526 g/mol.